The molecule has 0 aliphatic carbocycles. The molecule has 10 heavy (non-hydrogen) atoms. The van der Waals surface area contributed by atoms with Crippen molar-refractivity contribution in [2.45, 2.75) is 0 Å². The zero-order chi connectivity index (χ0) is 7.82. The van der Waals surface area contributed by atoms with Gasteiger partial charge in [-0.05, 0) is 5.06 Å². The van der Waals surface area contributed by atoms with Gasteiger partial charge in [0.15, 0.2) is 0 Å². The third-order valence-electron chi connectivity index (χ3n) is 0.891. The predicted molar refractivity (Wildman–Crippen MR) is 32.9 cm³/mol. The highest BCUT2D eigenvalue weighted by Gasteiger charge is 2.09. The van der Waals surface area contributed by atoms with Crippen molar-refractivity contribution in [3.8, 4) is 0 Å². The monoisotopic (exact) mass is 149 g/mol. The van der Waals surface area contributed by atoms with Crippen molar-refractivity contribution in [2.24, 2.45) is 0 Å². The molecule has 0 rings (SSSR count). The van der Waals surface area contributed by atoms with Crippen molar-refractivity contribution in [1.82, 2.24) is 5.06 Å². The maximum Gasteiger partial charge on any atom is 0.587 e. The highest BCUT2D eigenvalue weighted by Crippen LogP contribution is 1.84. The Morgan fingerprint density at radius 3 is 2.10 bits per heavy atom. The summed E-state index contributed by atoms with van der Waals surface area (Å²) < 4.78 is 0. The lowest BCUT2D eigenvalue weighted by atomic mass is 10.6. The molecule has 1 radical (unpaired) electrons. The van der Waals surface area contributed by atoms with Crippen LogP contribution in [0, 0.1) is 0 Å². The van der Waals surface area contributed by atoms with Crippen LogP contribution in [0.2, 0.25) is 0 Å². The predicted octanol–water partition coefficient (Wildman–Crippen LogP) is -1.64. The minimum atomic E-state index is -0.103. The number of rotatable bonds is 6. The van der Waals surface area contributed by atoms with Gasteiger partial charge in [-0.15, -0.1) is 0 Å². The van der Waals surface area contributed by atoms with Crippen molar-refractivity contribution in [2.75, 3.05) is 26.3 Å². The lowest BCUT2D eigenvalue weighted by Crippen LogP contribution is -2.29. The number of nitrogens with zero attached hydrogens (tertiary/aromatic N) is 1. The summed E-state index contributed by atoms with van der Waals surface area (Å²) in [5, 5.41) is 17.9. The van der Waals surface area contributed by atoms with Crippen molar-refractivity contribution < 1.29 is 19.8 Å². The molecule has 2 N–H and O–H groups in total. The fourth-order valence-corrected chi connectivity index (χ4v) is 0.501. The van der Waals surface area contributed by atoms with E-state index in [1.807, 2.05) is 0 Å². The van der Waals surface area contributed by atoms with Crippen molar-refractivity contribution in [1.29, 1.82) is 0 Å². The van der Waals surface area contributed by atoms with Crippen LogP contribution in [0.3, 0.4) is 0 Å². The van der Waals surface area contributed by atoms with Crippen LogP contribution < -0.4 is 0 Å². The fraction of sp³-hybridized carbons (Fsp3) is 0.800. The lowest BCUT2D eigenvalue weighted by Gasteiger charge is -2.06. The number of hydrogen-bond donors (Lipinski definition) is 2. The topological polar surface area (TPSA) is 72.8 Å². The summed E-state index contributed by atoms with van der Waals surface area (Å²) in [5.74, 6) is 0. The Morgan fingerprint density at radius 1 is 1.30 bits per heavy atom. The second-order valence-corrected chi connectivity index (χ2v) is 1.58. The molecule has 5 nitrogen and oxygen atoms in total. The molecule has 0 heterocycles. The molecule has 0 aromatic rings. The first-order valence-electron chi connectivity index (χ1n) is 2.92. The third-order valence-corrected chi connectivity index (χ3v) is 0.891. The molecule has 0 saturated carbocycles. The number of aliphatic hydroxyl groups is 2. The Balaban J connectivity index is 3.38. The summed E-state index contributed by atoms with van der Waals surface area (Å²) in [6, 6.07) is 0. The summed E-state index contributed by atoms with van der Waals surface area (Å²) in [6.45, 7) is 0.492. The molecule has 0 aliphatic rings. The van der Waals surface area contributed by atoms with Crippen LogP contribution >= 0.6 is 0 Å². The normalized spacial score (nSPS) is 9.90. The highest BCUT2D eigenvalue weighted by molar-refractivity contribution is 5.36. The van der Waals surface area contributed by atoms with Gasteiger partial charge in [0.1, 0.15) is 0 Å². The van der Waals surface area contributed by atoms with Gasteiger partial charge in [-0.1, -0.05) is 0 Å². The van der Waals surface area contributed by atoms with Gasteiger partial charge in [-0.25, -0.2) is 0 Å². The largest absolute Gasteiger partial charge is 0.587 e. The van der Waals surface area contributed by atoms with Gasteiger partial charge in [0, 0.05) is 4.79 Å². The molecule has 0 atom stereocenters. The minimum Gasteiger partial charge on any atom is -0.395 e. The van der Waals surface area contributed by atoms with Crippen molar-refractivity contribution in [3.63, 3.8) is 0 Å². The molecule has 59 valence electrons. The Hall–Kier alpha value is -0.650. The van der Waals surface area contributed by atoms with Crippen LogP contribution in [0.1, 0.15) is 0 Å². The van der Waals surface area contributed by atoms with E-state index >= 15 is 0 Å². The fourth-order valence-electron chi connectivity index (χ4n) is 0.501. The zero-order valence-corrected chi connectivity index (χ0v) is 5.56. The second kappa shape index (κ2) is 6.47. The van der Waals surface area contributed by atoms with Crippen molar-refractivity contribution in [3.05, 3.63) is 0 Å². The third kappa shape index (κ3) is 4.25. The lowest BCUT2D eigenvalue weighted by molar-refractivity contribution is -0.177. The summed E-state index contributed by atoms with van der Waals surface area (Å²) >= 11 is 0. The van der Waals surface area contributed by atoms with Crippen LogP contribution in [-0.2, 0) is 9.63 Å². The van der Waals surface area contributed by atoms with Gasteiger partial charge < -0.3 is 10.2 Å². The smallest absolute Gasteiger partial charge is 0.395 e. The first kappa shape index (κ1) is 9.35. The number of hydroxylamine groups is 2. The van der Waals surface area contributed by atoms with Crippen molar-refractivity contribution >= 4 is 6.47 Å². The standard InChI is InChI=1S/C5H11NO4/c7-3-1-6(2-4-8)10-5-9/h5,7-8H,1-4H2/q+1. The average Bonchev–Trinajstić information content (AvgIpc) is 1.90. The number of aliphatic hydroxyl groups excluding tert-OH is 2. The van der Waals surface area contributed by atoms with Gasteiger partial charge in [0.2, 0.25) is 0 Å². The van der Waals surface area contributed by atoms with E-state index in [0.29, 0.717) is 0 Å². The maximum atomic E-state index is 9.74. The van der Waals surface area contributed by atoms with Crippen LogP contribution in [0.15, 0.2) is 0 Å². The first-order chi connectivity index (χ1) is 4.85. The van der Waals surface area contributed by atoms with Crippen LogP contribution in [0.4, 0.5) is 0 Å². The van der Waals surface area contributed by atoms with Gasteiger partial charge in [-0.3, -0.25) is 0 Å². The zero-order valence-electron chi connectivity index (χ0n) is 5.56. The molecular formula is C5H11NO4+. The molecule has 0 aromatic heterocycles. The van der Waals surface area contributed by atoms with E-state index in [4.69, 9.17) is 10.2 Å². The highest BCUT2D eigenvalue weighted by atomic mass is 16.7. The molecule has 0 amide bonds. The minimum absolute atomic E-state index is 0.103. The number of carbonyl (C=O) groups excluding carboxylic acids is 1. The van der Waals surface area contributed by atoms with E-state index < -0.39 is 0 Å². The molecule has 0 fully saturated rings. The summed E-state index contributed by atoms with van der Waals surface area (Å²) in [5.41, 5.74) is 0. The quantitative estimate of drug-likeness (QED) is 0.269. The Morgan fingerprint density at radius 2 is 1.80 bits per heavy atom. The van der Waals surface area contributed by atoms with E-state index in [-0.39, 0.29) is 32.8 Å². The van der Waals surface area contributed by atoms with Gasteiger partial charge in [-0.2, -0.15) is 4.84 Å². The van der Waals surface area contributed by atoms with E-state index in [2.05, 4.69) is 4.84 Å². The molecule has 0 bridgehead atoms. The number of carbonyl (C=O) groups is 1. The SMILES string of the molecule is [O+]=CON(CCO)CCO. The Bertz CT molecular complexity index is 81.7. The molecule has 0 aliphatic heterocycles. The van der Waals surface area contributed by atoms with Crippen LogP contribution in [0.25, 0.3) is 0 Å². The molecule has 0 unspecified atom stereocenters. The second-order valence-electron chi connectivity index (χ2n) is 1.58. The molecule has 0 spiro atoms. The number of hydrogen-bond acceptors (Lipinski definition) is 5. The van der Waals surface area contributed by atoms with Gasteiger partial charge in [0.25, 0.3) is 0 Å². The molecule has 5 heteroatoms. The van der Waals surface area contributed by atoms with Crippen LogP contribution in [-0.4, -0.2) is 48.1 Å². The average molecular weight is 149 g/mol. The summed E-state index contributed by atoms with van der Waals surface area (Å²) in [7, 11) is 0. The van der Waals surface area contributed by atoms with Gasteiger partial charge in [0.05, 0.1) is 26.3 Å². The molecule has 0 saturated heterocycles. The van der Waals surface area contributed by atoms with E-state index in [0.717, 1.165) is 0 Å². The van der Waals surface area contributed by atoms with Crippen LogP contribution in [0.5, 0.6) is 0 Å². The first-order valence-corrected chi connectivity index (χ1v) is 2.92. The van der Waals surface area contributed by atoms with E-state index in [9.17, 15) is 4.79 Å². The molecular weight excluding hydrogens is 138 g/mol. The summed E-state index contributed by atoms with van der Waals surface area (Å²) in [4.78, 5) is 14.1. The van der Waals surface area contributed by atoms with E-state index in [1.165, 1.54) is 5.06 Å². The van der Waals surface area contributed by atoms with Gasteiger partial charge >= 0.3 is 6.47 Å². The maximum absolute atomic E-state index is 9.74. The summed E-state index contributed by atoms with van der Waals surface area (Å²) in [6.07, 6.45) is 0. The molecule has 0 aromatic carbocycles. The Kier molecular flexibility index (Phi) is 6.05. The Labute approximate surface area is 58.8 Å². The van der Waals surface area contributed by atoms with E-state index in [1.54, 1.807) is 0 Å².